The van der Waals surface area contributed by atoms with Gasteiger partial charge in [0.1, 0.15) is 5.60 Å². The van der Waals surface area contributed by atoms with Crippen LogP contribution in [0.5, 0.6) is 0 Å². The highest BCUT2D eigenvalue weighted by atomic mass is 16.6. The maximum Gasteiger partial charge on any atom is 0.407 e. The molecular formula is C27H35NO4. The number of aliphatic hydroxyl groups is 1. The van der Waals surface area contributed by atoms with Crippen molar-refractivity contribution in [3.63, 3.8) is 0 Å². The van der Waals surface area contributed by atoms with Gasteiger partial charge in [-0.1, -0.05) is 66.7 Å². The van der Waals surface area contributed by atoms with E-state index in [2.05, 4.69) is 17.4 Å². The molecule has 0 aliphatic rings. The molecule has 2 rings (SSSR count). The molecule has 5 heteroatoms. The van der Waals surface area contributed by atoms with E-state index < -0.39 is 17.8 Å². The van der Waals surface area contributed by atoms with Gasteiger partial charge in [0.05, 0.1) is 6.10 Å². The molecule has 1 atom stereocenters. The van der Waals surface area contributed by atoms with Gasteiger partial charge in [-0.15, -0.1) is 0 Å². The summed E-state index contributed by atoms with van der Waals surface area (Å²) < 4.78 is 5.18. The summed E-state index contributed by atoms with van der Waals surface area (Å²) in [6, 6.07) is 20.0. The molecule has 2 N–H and O–H groups in total. The van der Waals surface area contributed by atoms with Crippen LogP contribution >= 0.6 is 0 Å². The summed E-state index contributed by atoms with van der Waals surface area (Å²) in [4.78, 5) is 24.7. The zero-order chi connectivity index (χ0) is 23.4. The van der Waals surface area contributed by atoms with Gasteiger partial charge in [0.15, 0.2) is 5.78 Å². The number of alkyl carbamates (subject to hydrolysis) is 1. The van der Waals surface area contributed by atoms with Crippen LogP contribution in [0.3, 0.4) is 0 Å². The van der Waals surface area contributed by atoms with Crippen LogP contribution in [0.4, 0.5) is 4.79 Å². The third-order valence-electron chi connectivity index (χ3n) is 4.83. The Kier molecular flexibility index (Phi) is 10.2. The number of Topliss-reactive ketones (excluding diaryl/α,β-unsaturated/α-hetero) is 1. The molecule has 0 bridgehead atoms. The van der Waals surface area contributed by atoms with Crippen molar-refractivity contribution in [2.75, 3.05) is 6.54 Å². The number of ether oxygens (including phenoxy) is 1. The Morgan fingerprint density at radius 1 is 1.00 bits per heavy atom. The average Bonchev–Trinajstić information content (AvgIpc) is 2.73. The molecule has 0 aromatic heterocycles. The summed E-state index contributed by atoms with van der Waals surface area (Å²) >= 11 is 0. The van der Waals surface area contributed by atoms with Gasteiger partial charge < -0.3 is 15.2 Å². The molecular weight excluding hydrogens is 402 g/mol. The van der Waals surface area contributed by atoms with Crippen molar-refractivity contribution in [1.29, 1.82) is 0 Å². The largest absolute Gasteiger partial charge is 0.444 e. The molecule has 0 radical (unpaired) electrons. The second kappa shape index (κ2) is 12.8. The van der Waals surface area contributed by atoms with Crippen LogP contribution in [0.1, 0.15) is 51.2 Å². The Morgan fingerprint density at radius 3 is 2.19 bits per heavy atom. The van der Waals surface area contributed by atoms with Crippen LogP contribution in [0.15, 0.2) is 72.3 Å². The number of ketones is 1. The Labute approximate surface area is 191 Å². The summed E-state index contributed by atoms with van der Waals surface area (Å²) in [6.45, 7) is 5.62. The van der Waals surface area contributed by atoms with Crippen molar-refractivity contribution in [3.05, 3.63) is 83.4 Å². The van der Waals surface area contributed by atoms with Crippen LogP contribution in [0.25, 0.3) is 0 Å². The van der Waals surface area contributed by atoms with Crippen LogP contribution in [0.2, 0.25) is 0 Å². The summed E-state index contributed by atoms with van der Waals surface area (Å²) in [6.07, 6.45) is 3.11. The quantitative estimate of drug-likeness (QED) is 0.484. The maximum absolute atomic E-state index is 12.9. The fraction of sp³-hybridized carbons (Fsp3) is 0.407. The molecule has 0 saturated carbocycles. The minimum Gasteiger partial charge on any atom is -0.444 e. The molecule has 0 saturated heterocycles. The van der Waals surface area contributed by atoms with Crippen LogP contribution in [0, 0.1) is 0 Å². The van der Waals surface area contributed by atoms with Crippen molar-refractivity contribution in [3.8, 4) is 0 Å². The first-order valence-corrected chi connectivity index (χ1v) is 11.2. The zero-order valence-corrected chi connectivity index (χ0v) is 19.3. The fourth-order valence-electron chi connectivity index (χ4n) is 3.26. The lowest BCUT2D eigenvalue weighted by Crippen LogP contribution is -2.34. The van der Waals surface area contributed by atoms with E-state index in [-0.39, 0.29) is 25.2 Å². The highest BCUT2D eigenvalue weighted by Gasteiger charge is 2.18. The van der Waals surface area contributed by atoms with E-state index in [0.29, 0.717) is 12.0 Å². The monoisotopic (exact) mass is 437 g/mol. The summed E-state index contributed by atoms with van der Waals surface area (Å²) in [5, 5.41) is 13.0. The number of benzene rings is 2. The van der Waals surface area contributed by atoms with Crippen LogP contribution in [-0.4, -0.2) is 35.2 Å². The number of allylic oxidation sites excluding steroid dienone is 2. The van der Waals surface area contributed by atoms with E-state index in [9.17, 15) is 14.7 Å². The van der Waals surface area contributed by atoms with E-state index in [1.807, 2.05) is 54.6 Å². The molecule has 0 heterocycles. The van der Waals surface area contributed by atoms with Crippen molar-refractivity contribution >= 4 is 11.9 Å². The Balaban J connectivity index is 1.91. The normalized spacial score (nSPS) is 12.8. The van der Waals surface area contributed by atoms with Crippen LogP contribution in [-0.2, 0) is 22.4 Å². The molecule has 172 valence electrons. The van der Waals surface area contributed by atoms with Gasteiger partial charge in [-0.05, 0) is 56.7 Å². The third kappa shape index (κ3) is 10.4. The van der Waals surface area contributed by atoms with Crippen molar-refractivity contribution in [2.45, 2.75) is 64.6 Å². The average molecular weight is 438 g/mol. The maximum atomic E-state index is 12.9. The first-order valence-electron chi connectivity index (χ1n) is 11.2. The fourth-order valence-corrected chi connectivity index (χ4v) is 3.26. The molecule has 0 spiro atoms. The van der Waals surface area contributed by atoms with Gasteiger partial charge in [-0.25, -0.2) is 4.79 Å². The molecule has 1 amide bonds. The first kappa shape index (κ1) is 25.3. The highest BCUT2D eigenvalue weighted by Crippen LogP contribution is 2.15. The van der Waals surface area contributed by atoms with Gasteiger partial charge in [0.2, 0.25) is 0 Å². The Bertz CT molecular complexity index is 870. The van der Waals surface area contributed by atoms with Crippen molar-refractivity contribution in [1.82, 2.24) is 5.32 Å². The van der Waals surface area contributed by atoms with E-state index in [4.69, 9.17) is 4.74 Å². The number of rotatable bonds is 11. The molecule has 0 aliphatic carbocycles. The molecule has 2 aromatic rings. The van der Waals surface area contributed by atoms with Gasteiger partial charge in [0.25, 0.3) is 0 Å². The SMILES string of the molecule is CC(C)(C)OC(=O)NCCC(O)CC(=O)/C(=C/CCc1ccccc1)Cc1ccccc1. The molecule has 0 aliphatic heterocycles. The second-order valence-corrected chi connectivity index (χ2v) is 8.91. The van der Waals surface area contributed by atoms with Crippen LogP contribution < -0.4 is 5.32 Å². The number of carbonyl (C=O) groups excluding carboxylic acids is 2. The summed E-state index contributed by atoms with van der Waals surface area (Å²) in [5.74, 6) is -0.0633. The standard InChI is InChI=1S/C27H35NO4/c1-27(2,3)32-26(31)28-18-17-24(29)20-25(30)23(19-22-13-8-5-9-14-22)16-10-15-21-11-6-4-7-12-21/h4-9,11-14,16,24,29H,10,15,17-20H2,1-3H3,(H,28,31)/b23-16+. The lowest BCUT2D eigenvalue weighted by molar-refractivity contribution is -0.117. The van der Waals surface area contributed by atoms with E-state index in [1.54, 1.807) is 20.8 Å². The number of carbonyl (C=O) groups is 2. The first-order chi connectivity index (χ1) is 15.2. The number of amides is 1. The molecule has 1 unspecified atom stereocenters. The smallest absolute Gasteiger partial charge is 0.407 e. The van der Waals surface area contributed by atoms with E-state index in [1.165, 1.54) is 5.56 Å². The minimum absolute atomic E-state index is 0.0278. The van der Waals surface area contributed by atoms with Gasteiger partial charge >= 0.3 is 6.09 Å². The van der Waals surface area contributed by atoms with Gasteiger partial charge in [0, 0.05) is 19.4 Å². The second-order valence-electron chi connectivity index (χ2n) is 8.91. The molecule has 2 aromatic carbocycles. The number of nitrogens with one attached hydrogen (secondary N) is 1. The minimum atomic E-state index is -0.828. The number of aliphatic hydroxyl groups excluding tert-OH is 1. The highest BCUT2D eigenvalue weighted by molar-refractivity contribution is 5.96. The molecule has 32 heavy (non-hydrogen) atoms. The Morgan fingerprint density at radius 2 is 1.59 bits per heavy atom. The number of aryl methyl sites for hydroxylation is 1. The summed E-state index contributed by atoms with van der Waals surface area (Å²) in [7, 11) is 0. The molecule has 5 nitrogen and oxygen atoms in total. The van der Waals surface area contributed by atoms with Gasteiger partial charge in [-0.3, -0.25) is 4.79 Å². The van der Waals surface area contributed by atoms with E-state index >= 15 is 0 Å². The lowest BCUT2D eigenvalue weighted by Gasteiger charge is -2.20. The van der Waals surface area contributed by atoms with Gasteiger partial charge in [-0.2, -0.15) is 0 Å². The zero-order valence-electron chi connectivity index (χ0n) is 19.3. The predicted octanol–water partition coefficient (Wildman–Crippen LogP) is 5.02. The third-order valence-corrected chi connectivity index (χ3v) is 4.83. The predicted molar refractivity (Wildman–Crippen MR) is 127 cm³/mol. The topological polar surface area (TPSA) is 75.6 Å². The summed E-state index contributed by atoms with van der Waals surface area (Å²) in [5.41, 5.74) is 2.43. The number of hydrogen-bond acceptors (Lipinski definition) is 4. The van der Waals surface area contributed by atoms with Crippen molar-refractivity contribution < 1.29 is 19.4 Å². The van der Waals surface area contributed by atoms with Crippen molar-refractivity contribution in [2.24, 2.45) is 0 Å². The number of hydrogen-bond donors (Lipinski definition) is 2. The molecule has 0 fully saturated rings. The lowest BCUT2D eigenvalue weighted by atomic mass is 9.95. The van der Waals surface area contributed by atoms with E-state index in [0.717, 1.165) is 18.4 Å². The Hall–Kier alpha value is -2.92.